The van der Waals surface area contributed by atoms with Crippen LogP contribution in [-0.4, -0.2) is 19.2 Å². The highest BCUT2D eigenvalue weighted by molar-refractivity contribution is 7.89. The van der Waals surface area contributed by atoms with Crippen LogP contribution < -0.4 is 10.0 Å². The van der Waals surface area contributed by atoms with Gasteiger partial charge < -0.3 is 5.32 Å². The second-order valence-corrected chi connectivity index (χ2v) is 10.5. The molecule has 6 nitrogen and oxygen atoms in total. The molecule has 33 heavy (non-hydrogen) atoms. The highest BCUT2D eigenvalue weighted by Gasteiger charge is 2.15. The molecule has 0 unspecified atom stereocenters. The summed E-state index contributed by atoms with van der Waals surface area (Å²) in [5.74, 6) is -0.0537. The smallest absolute Gasteiger partial charge is 0.240 e. The van der Waals surface area contributed by atoms with Crippen LogP contribution in [0.5, 0.6) is 0 Å². The number of halogens is 1. The molecule has 1 aromatic heterocycles. The van der Waals surface area contributed by atoms with Gasteiger partial charge in [-0.15, -0.1) is 0 Å². The maximum Gasteiger partial charge on any atom is 0.240 e. The molecule has 4 aromatic rings. The molecule has 0 aliphatic heterocycles. The molecule has 0 aliphatic rings. The molecule has 4 rings (SSSR count). The predicted molar refractivity (Wildman–Crippen MR) is 132 cm³/mol. The second-order valence-electron chi connectivity index (χ2n) is 7.27. The van der Waals surface area contributed by atoms with Gasteiger partial charge in [0.15, 0.2) is 5.13 Å². The maximum atomic E-state index is 12.7. The Kier molecular flexibility index (Phi) is 6.90. The zero-order valence-corrected chi connectivity index (χ0v) is 20.0. The highest BCUT2D eigenvalue weighted by atomic mass is 35.5. The number of thiazole rings is 1. The molecule has 0 amide bonds. The van der Waals surface area contributed by atoms with E-state index in [2.05, 4.69) is 15.0 Å². The molecule has 0 saturated carbocycles. The van der Waals surface area contributed by atoms with Crippen LogP contribution in [0.25, 0.3) is 0 Å². The molecular weight excluding hydrogens is 478 g/mol. The number of sulfonamides is 1. The molecule has 0 saturated heterocycles. The molecule has 0 aliphatic carbocycles. The number of nitrogens with zero attached hydrogens (tertiary/aromatic N) is 1. The zero-order valence-electron chi connectivity index (χ0n) is 17.6. The van der Waals surface area contributed by atoms with E-state index < -0.39 is 10.0 Å². The minimum atomic E-state index is -3.63. The van der Waals surface area contributed by atoms with Crippen LogP contribution in [0.3, 0.4) is 0 Å². The van der Waals surface area contributed by atoms with Gasteiger partial charge in [0, 0.05) is 22.8 Å². The third-order valence-corrected chi connectivity index (χ3v) is 7.50. The number of carbonyl (C=O) groups is 1. The number of hydrogen-bond acceptors (Lipinski definition) is 6. The van der Waals surface area contributed by atoms with Gasteiger partial charge in [-0.3, -0.25) is 4.79 Å². The summed E-state index contributed by atoms with van der Waals surface area (Å²) in [5.41, 5.74) is 3.17. The summed E-state index contributed by atoms with van der Waals surface area (Å²) in [5, 5.41) is 4.26. The minimum Gasteiger partial charge on any atom is -0.332 e. The standard InChI is InChI=1S/C24H20ClN3O3S2/c1-16-4-2-3-5-21(16)23(29)22-15-26-24(32-22)28-19-10-6-17(7-11-19)14-27-33(30,31)20-12-8-18(25)9-13-20/h2-13,15,27H,14H2,1H3,(H,26,28). The fourth-order valence-corrected chi connectivity index (χ4v) is 5.04. The largest absolute Gasteiger partial charge is 0.332 e. The molecule has 0 bridgehead atoms. The number of nitrogens with one attached hydrogen (secondary N) is 2. The first-order chi connectivity index (χ1) is 15.8. The highest BCUT2D eigenvalue weighted by Crippen LogP contribution is 2.25. The quantitative estimate of drug-likeness (QED) is 0.311. The third kappa shape index (κ3) is 5.66. The summed E-state index contributed by atoms with van der Waals surface area (Å²) in [7, 11) is -3.63. The lowest BCUT2D eigenvalue weighted by Gasteiger charge is -2.08. The predicted octanol–water partition coefficient (Wildman–Crippen LogP) is 5.56. The van der Waals surface area contributed by atoms with Crippen LogP contribution in [0.2, 0.25) is 5.02 Å². The lowest BCUT2D eigenvalue weighted by atomic mass is 10.0. The summed E-state index contributed by atoms with van der Waals surface area (Å²) in [6, 6.07) is 20.8. The van der Waals surface area contributed by atoms with Crippen LogP contribution in [0.4, 0.5) is 10.8 Å². The van der Waals surface area contributed by atoms with E-state index >= 15 is 0 Å². The van der Waals surface area contributed by atoms with Crippen molar-refractivity contribution in [3.63, 3.8) is 0 Å². The van der Waals surface area contributed by atoms with Gasteiger partial charge in [0.2, 0.25) is 15.8 Å². The number of hydrogen-bond donors (Lipinski definition) is 2. The molecule has 3 aromatic carbocycles. The first-order valence-electron chi connectivity index (χ1n) is 9.99. The van der Waals surface area contributed by atoms with Gasteiger partial charge in [0.1, 0.15) is 0 Å². The Labute approximate surface area is 201 Å². The van der Waals surface area contributed by atoms with Gasteiger partial charge in [-0.1, -0.05) is 59.3 Å². The fraction of sp³-hybridized carbons (Fsp3) is 0.0833. The average molecular weight is 498 g/mol. The Bertz CT molecular complexity index is 1380. The lowest BCUT2D eigenvalue weighted by Crippen LogP contribution is -2.23. The van der Waals surface area contributed by atoms with Crippen LogP contribution >= 0.6 is 22.9 Å². The number of anilines is 2. The van der Waals surface area contributed by atoms with E-state index in [1.807, 2.05) is 55.5 Å². The van der Waals surface area contributed by atoms with Gasteiger partial charge in [-0.25, -0.2) is 18.1 Å². The lowest BCUT2D eigenvalue weighted by molar-refractivity contribution is 0.104. The van der Waals surface area contributed by atoms with E-state index in [1.54, 1.807) is 6.20 Å². The first-order valence-corrected chi connectivity index (χ1v) is 12.7. The van der Waals surface area contributed by atoms with Crippen molar-refractivity contribution in [2.45, 2.75) is 18.4 Å². The monoisotopic (exact) mass is 497 g/mol. The Morgan fingerprint density at radius 1 is 1.00 bits per heavy atom. The van der Waals surface area contributed by atoms with Gasteiger partial charge in [-0.2, -0.15) is 0 Å². The van der Waals surface area contributed by atoms with E-state index in [1.165, 1.54) is 35.6 Å². The van der Waals surface area contributed by atoms with E-state index in [4.69, 9.17) is 11.6 Å². The summed E-state index contributed by atoms with van der Waals surface area (Å²) in [4.78, 5) is 17.7. The number of aromatic nitrogens is 1. The van der Waals surface area contributed by atoms with E-state index in [-0.39, 0.29) is 17.2 Å². The molecule has 0 fully saturated rings. The van der Waals surface area contributed by atoms with Crippen LogP contribution in [0.1, 0.15) is 26.4 Å². The van der Waals surface area contributed by atoms with E-state index in [9.17, 15) is 13.2 Å². The summed E-state index contributed by atoms with van der Waals surface area (Å²) in [6.07, 6.45) is 1.57. The van der Waals surface area contributed by atoms with Gasteiger partial charge in [-0.05, 0) is 54.4 Å². The van der Waals surface area contributed by atoms with Crippen molar-refractivity contribution in [2.75, 3.05) is 5.32 Å². The van der Waals surface area contributed by atoms with Crippen molar-refractivity contribution >= 4 is 49.6 Å². The number of aryl methyl sites for hydroxylation is 1. The molecule has 1 heterocycles. The molecule has 168 valence electrons. The molecule has 2 N–H and O–H groups in total. The zero-order chi connectivity index (χ0) is 23.4. The van der Waals surface area contributed by atoms with Crippen molar-refractivity contribution in [1.82, 2.24) is 9.71 Å². The number of ketones is 1. The Morgan fingerprint density at radius 3 is 2.39 bits per heavy atom. The van der Waals surface area contributed by atoms with Crippen LogP contribution in [0, 0.1) is 6.92 Å². The second kappa shape index (κ2) is 9.84. The Morgan fingerprint density at radius 2 is 1.70 bits per heavy atom. The van der Waals surface area contributed by atoms with Gasteiger partial charge >= 0.3 is 0 Å². The summed E-state index contributed by atoms with van der Waals surface area (Å²) >= 11 is 7.10. The topological polar surface area (TPSA) is 88.2 Å². The van der Waals surface area contributed by atoms with Crippen LogP contribution in [-0.2, 0) is 16.6 Å². The SMILES string of the molecule is Cc1ccccc1C(=O)c1cnc(Nc2ccc(CNS(=O)(=O)c3ccc(Cl)cc3)cc2)s1. The maximum absolute atomic E-state index is 12.7. The van der Waals surface area contributed by atoms with E-state index in [0.717, 1.165) is 16.8 Å². The number of rotatable bonds is 8. The average Bonchev–Trinajstić information content (AvgIpc) is 3.27. The molecule has 0 atom stereocenters. The summed E-state index contributed by atoms with van der Waals surface area (Å²) < 4.78 is 27.4. The van der Waals surface area contributed by atoms with Gasteiger partial charge in [0.05, 0.1) is 16.0 Å². The van der Waals surface area contributed by atoms with Crippen LogP contribution in [0.15, 0.2) is 83.9 Å². The normalized spacial score (nSPS) is 11.3. The Balaban J connectivity index is 1.38. The van der Waals surface area contributed by atoms with Crippen molar-refractivity contribution in [3.05, 3.63) is 106 Å². The van der Waals surface area contributed by atoms with Crippen molar-refractivity contribution in [2.24, 2.45) is 0 Å². The van der Waals surface area contributed by atoms with Crippen molar-refractivity contribution in [3.8, 4) is 0 Å². The van der Waals surface area contributed by atoms with Gasteiger partial charge in [0.25, 0.3) is 0 Å². The minimum absolute atomic E-state index is 0.0537. The molecule has 0 spiro atoms. The third-order valence-electron chi connectivity index (χ3n) is 4.91. The van der Waals surface area contributed by atoms with Crippen molar-refractivity contribution in [1.29, 1.82) is 0 Å². The van der Waals surface area contributed by atoms with E-state index in [0.29, 0.717) is 20.6 Å². The molecular formula is C24H20ClN3O3S2. The number of benzene rings is 3. The number of carbonyl (C=O) groups excluding carboxylic acids is 1. The fourth-order valence-electron chi connectivity index (χ4n) is 3.10. The van der Waals surface area contributed by atoms with Crippen molar-refractivity contribution < 1.29 is 13.2 Å². The first kappa shape index (κ1) is 23.1. The Hall–Kier alpha value is -3.04. The summed E-state index contributed by atoms with van der Waals surface area (Å²) in [6.45, 7) is 2.06. The molecule has 0 radical (unpaired) electrons. The molecule has 9 heteroatoms.